The topological polar surface area (TPSA) is 217 Å². The van der Waals surface area contributed by atoms with E-state index in [1.54, 1.807) is 12.1 Å². The number of aromatic nitrogens is 2. The first kappa shape index (κ1) is 47.0. The molecule has 22 nitrogen and oxygen atoms in total. The van der Waals surface area contributed by atoms with Crippen LogP contribution >= 0.6 is 0 Å². The van der Waals surface area contributed by atoms with Crippen LogP contribution in [0.5, 0.6) is 0 Å². The lowest BCUT2D eigenvalue weighted by molar-refractivity contribution is -0.384. The van der Waals surface area contributed by atoms with Crippen LogP contribution in [0, 0.1) is 20.2 Å². The molecule has 336 valence electrons. The monoisotopic (exact) mass is 852 g/mol. The molecule has 0 aliphatic carbocycles. The molecule has 0 amide bonds. The number of hydrogen-bond acceptors (Lipinski definition) is 20. The first-order valence-electron chi connectivity index (χ1n) is 20.6. The van der Waals surface area contributed by atoms with E-state index >= 15 is 0 Å². The van der Waals surface area contributed by atoms with Crippen LogP contribution in [0.25, 0.3) is 0 Å². The molecule has 2 aromatic rings. The molecule has 3 saturated heterocycles. The van der Waals surface area contributed by atoms with Crippen molar-refractivity contribution in [3.8, 4) is 0 Å². The Balaban J connectivity index is 1.25. The molecule has 60 heavy (non-hydrogen) atoms. The highest BCUT2D eigenvalue weighted by Gasteiger charge is 2.28. The van der Waals surface area contributed by atoms with Crippen molar-refractivity contribution < 1.29 is 57.2 Å². The van der Waals surface area contributed by atoms with E-state index in [1.807, 2.05) is 9.80 Å². The van der Waals surface area contributed by atoms with Gasteiger partial charge in [0.1, 0.15) is 11.6 Å². The maximum atomic E-state index is 12.3. The predicted molar refractivity (Wildman–Crippen MR) is 219 cm³/mol. The second kappa shape index (κ2) is 27.7. The van der Waals surface area contributed by atoms with Gasteiger partial charge in [0.2, 0.25) is 11.6 Å². The molecule has 3 aliphatic rings. The van der Waals surface area contributed by atoms with Crippen LogP contribution in [-0.4, -0.2) is 204 Å². The fourth-order valence-corrected chi connectivity index (χ4v) is 6.44. The number of piperazine rings is 1. The molecular formula is C38H60N8O14. The van der Waals surface area contributed by atoms with Crippen molar-refractivity contribution in [1.82, 2.24) is 9.97 Å². The number of pyridine rings is 2. The summed E-state index contributed by atoms with van der Waals surface area (Å²) in [5.74, 6) is 1.63. The lowest BCUT2D eigenvalue weighted by atomic mass is 10.2. The van der Waals surface area contributed by atoms with Crippen molar-refractivity contribution in [2.24, 2.45) is 0 Å². The molecular weight excluding hydrogens is 792 g/mol. The highest BCUT2D eigenvalue weighted by molar-refractivity contribution is 5.64. The molecule has 0 spiro atoms. The summed E-state index contributed by atoms with van der Waals surface area (Å²) in [5.41, 5.74) is -0.239. The Morgan fingerprint density at radius 1 is 0.350 bits per heavy atom. The van der Waals surface area contributed by atoms with Crippen LogP contribution in [0.15, 0.2) is 24.3 Å². The Morgan fingerprint density at radius 3 is 0.817 bits per heavy atom. The molecule has 2 aromatic heterocycles. The molecule has 0 radical (unpaired) electrons. The number of rotatable bonds is 6. The van der Waals surface area contributed by atoms with Crippen LogP contribution < -0.4 is 19.6 Å². The van der Waals surface area contributed by atoms with Crippen LogP contribution in [0.2, 0.25) is 0 Å². The van der Waals surface area contributed by atoms with Gasteiger partial charge in [-0.05, 0) is 12.1 Å². The average Bonchev–Trinajstić information content (AvgIpc) is 3.26. The van der Waals surface area contributed by atoms with Crippen LogP contribution in [0.4, 0.5) is 34.6 Å². The third-order valence-electron chi connectivity index (χ3n) is 9.60. The number of anilines is 4. The van der Waals surface area contributed by atoms with E-state index in [0.29, 0.717) is 196 Å². The zero-order valence-electron chi connectivity index (χ0n) is 34.4. The summed E-state index contributed by atoms with van der Waals surface area (Å²) in [5, 5.41) is 24.5. The summed E-state index contributed by atoms with van der Waals surface area (Å²) >= 11 is 0. The van der Waals surface area contributed by atoms with Gasteiger partial charge in [-0.15, -0.1) is 0 Å². The third-order valence-corrected chi connectivity index (χ3v) is 9.60. The van der Waals surface area contributed by atoms with Gasteiger partial charge in [0.15, 0.2) is 0 Å². The molecule has 22 heteroatoms. The van der Waals surface area contributed by atoms with E-state index < -0.39 is 9.85 Å². The van der Waals surface area contributed by atoms with Gasteiger partial charge in [0, 0.05) is 64.5 Å². The third kappa shape index (κ3) is 16.4. The maximum Gasteiger partial charge on any atom is 0.311 e. The van der Waals surface area contributed by atoms with Gasteiger partial charge in [0.25, 0.3) is 0 Å². The van der Waals surface area contributed by atoms with Gasteiger partial charge < -0.3 is 67.0 Å². The van der Waals surface area contributed by atoms with E-state index in [9.17, 15) is 20.2 Å². The molecule has 0 bridgehead atoms. The molecule has 0 N–H and O–H groups in total. The summed E-state index contributed by atoms with van der Waals surface area (Å²) in [6, 6.07) is 6.30. The summed E-state index contributed by atoms with van der Waals surface area (Å²) < 4.78 is 56.4. The smallest absolute Gasteiger partial charge is 0.311 e. The number of nitro groups is 2. The molecule has 5 heterocycles. The van der Waals surface area contributed by atoms with Crippen molar-refractivity contribution in [3.05, 3.63) is 44.5 Å². The standard InChI is InChI=1S/C38H60N8O14/c47-45(48)33-1-3-35(39-37(33)43-9-13-51-17-21-55-25-29-59-30-26-56-22-18-52-14-10-43)41-5-7-42(8-6-41)36-4-2-34(46(49)50)38(40-36)44-11-15-53-19-23-57-27-31-60-32-28-58-24-20-54-16-12-44/h1-4H,5-32H2. The zero-order chi connectivity index (χ0) is 42.0. The number of ether oxygens (including phenoxy) is 10. The highest BCUT2D eigenvalue weighted by Crippen LogP contribution is 2.32. The van der Waals surface area contributed by atoms with Gasteiger partial charge in [-0.2, -0.15) is 0 Å². The molecule has 3 aliphatic heterocycles. The lowest BCUT2D eigenvalue weighted by Gasteiger charge is -2.36. The molecule has 0 unspecified atom stereocenters. The second-order valence-corrected chi connectivity index (χ2v) is 13.6. The quantitative estimate of drug-likeness (QED) is 0.297. The summed E-state index contributed by atoms with van der Waals surface area (Å²) in [7, 11) is 0. The number of nitrogens with zero attached hydrogens (tertiary/aromatic N) is 8. The van der Waals surface area contributed by atoms with Gasteiger partial charge in [-0.1, -0.05) is 0 Å². The lowest BCUT2D eigenvalue weighted by Crippen LogP contribution is -2.47. The predicted octanol–water partition coefficient (Wildman–Crippen LogP) is 1.43. The fraction of sp³-hybridized carbons (Fsp3) is 0.737. The van der Waals surface area contributed by atoms with Crippen molar-refractivity contribution in [3.63, 3.8) is 0 Å². The largest absolute Gasteiger partial charge is 0.377 e. The van der Waals surface area contributed by atoms with Gasteiger partial charge >= 0.3 is 11.4 Å². The van der Waals surface area contributed by atoms with Crippen molar-refractivity contribution in [2.45, 2.75) is 0 Å². The summed E-state index contributed by atoms with van der Waals surface area (Å²) in [4.78, 5) is 41.1. The second-order valence-electron chi connectivity index (χ2n) is 13.6. The number of hydrogen-bond donors (Lipinski definition) is 0. The Labute approximate surface area is 350 Å². The summed E-state index contributed by atoms with van der Waals surface area (Å²) in [6.07, 6.45) is 0. The first-order valence-corrected chi connectivity index (χ1v) is 20.6. The van der Waals surface area contributed by atoms with Crippen LogP contribution in [0.3, 0.4) is 0 Å². The molecule has 5 rings (SSSR count). The summed E-state index contributed by atoms with van der Waals surface area (Å²) in [6.45, 7) is 11.3. The van der Waals surface area contributed by atoms with Gasteiger partial charge in [0.05, 0.1) is 142 Å². The van der Waals surface area contributed by atoms with Crippen LogP contribution in [-0.2, 0) is 47.4 Å². The first-order chi connectivity index (χ1) is 29.5. The maximum absolute atomic E-state index is 12.3. The van der Waals surface area contributed by atoms with Gasteiger partial charge in [-0.3, -0.25) is 20.2 Å². The molecule has 0 atom stereocenters. The fourth-order valence-electron chi connectivity index (χ4n) is 6.44. The van der Waals surface area contributed by atoms with Gasteiger partial charge in [-0.25, -0.2) is 9.97 Å². The normalized spacial score (nSPS) is 20.9. The molecule has 0 aromatic carbocycles. The molecule has 3 fully saturated rings. The SMILES string of the molecule is O=[N+]([O-])c1ccc(N2CCN(c3ccc([N+](=O)[O-])c(N4CCOCCOCCOCCOCCOCC4)n3)CC2)nc1N1CCOCCOCCOCCOCCOCC1. The minimum absolute atomic E-state index is 0.119. The van der Waals surface area contributed by atoms with Crippen molar-refractivity contribution in [1.29, 1.82) is 0 Å². The van der Waals surface area contributed by atoms with E-state index in [2.05, 4.69) is 9.80 Å². The van der Waals surface area contributed by atoms with E-state index in [0.717, 1.165) is 0 Å². The Morgan fingerprint density at radius 2 is 0.583 bits per heavy atom. The minimum Gasteiger partial charge on any atom is -0.377 e. The van der Waals surface area contributed by atoms with E-state index in [-0.39, 0.29) is 23.0 Å². The Kier molecular flexibility index (Phi) is 21.7. The van der Waals surface area contributed by atoms with Crippen molar-refractivity contribution >= 4 is 34.6 Å². The Hall–Kier alpha value is -4.10. The van der Waals surface area contributed by atoms with Crippen LogP contribution in [0.1, 0.15) is 0 Å². The minimum atomic E-state index is -0.429. The highest BCUT2D eigenvalue weighted by atomic mass is 16.6. The van der Waals surface area contributed by atoms with E-state index in [1.165, 1.54) is 12.1 Å². The average molecular weight is 853 g/mol. The molecule has 0 saturated carbocycles. The zero-order valence-corrected chi connectivity index (χ0v) is 34.4. The van der Waals surface area contributed by atoms with Crippen molar-refractivity contribution in [2.75, 3.05) is 204 Å². The van der Waals surface area contributed by atoms with E-state index in [4.69, 9.17) is 57.3 Å². The Bertz CT molecular complexity index is 1400.